The van der Waals surface area contributed by atoms with Crippen LogP contribution in [0.2, 0.25) is 0 Å². The number of nitrogens with one attached hydrogen (secondary N) is 1. The second-order valence-corrected chi connectivity index (χ2v) is 7.57. The molecule has 30 heavy (non-hydrogen) atoms. The molecule has 2 aromatic carbocycles. The molecular weight excluding hydrogens is 398 g/mol. The van der Waals surface area contributed by atoms with E-state index in [2.05, 4.69) is 15.4 Å². The lowest BCUT2D eigenvalue weighted by Gasteiger charge is -2.09. The van der Waals surface area contributed by atoms with E-state index in [0.29, 0.717) is 36.2 Å². The van der Waals surface area contributed by atoms with Crippen LogP contribution in [-0.4, -0.2) is 38.0 Å². The Bertz CT molecular complexity index is 1230. The van der Waals surface area contributed by atoms with Crippen molar-refractivity contribution in [2.45, 2.75) is 18.0 Å². The van der Waals surface area contributed by atoms with Crippen molar-refractivity contribution >= 4 is 28.7 Å². The Morgan fingerprint density at radius 2 is 1.87 bits per heavy atom. The molecule has 0 bridgehead atoms. The average molecular weight is 420 g/mol. The third-order valence-electron chi connectivity index (χ3n) is 4.78. The molecule has 2 heterocycles. The molecule has 0 unspecified atom stereocenters. The van der Waals surface area contributed by atoms with E-state index in [-0.39, 0.29) is 11.5 Å². The number of aromatic nitrogens is 4. The third kappa shape index (κ3) is 4.13. The highest BCUT2D eigenvalue weighted by Crippen LogP contribution is 2.19. The Morgan fingerprint density at radius 1 is 1.10 bits per heavy atom. The summed E-state index contributed by atoms with van der Waals surface area (Å²) in [5.74, 6) is -0.130. The molecule has 7 nitrogen and oxygen atoms in total. The van der Waals surface area contributed by atoms with Gasteiger partial charge in [-0.25, -0.2) is 9.67 Å². The molecule has 0 aliphatic rings. The fraction of sp³-hybridized carbons (Fsp3) is 0.182. The molecule has 4 aromatic rings. The predicted molar refractivity (Wildman–Crippen MR) is 118 cm³/mol. The summed E-state index contributed by atoms with van der Waals surface area (Å²) in [5.41, 5.74) is 2.06. The number of benzene rings is 2. The molecule has 152 valence electrons. The normalized spacial score (nSPS) is 11.0. The Hall–Kier alpha value is -3.39. The van der Waals surface area contributed by atoms with Crippen LogP contribution in [0.1, 0.15) is 15.9 Å². The summed E-state index contributed by atoms with van der Waals surface area (Å²) >= 11 is 1.53. The standard InChI is InChI=1S/C22H21N5O2S/c1-30-19-10-6-5-9-17(19)21(28)23-11-12-27-20-18(13-25-27)22(29)26(15-24-20)14-16-7-3-2-4-8-16/h2-10,13,15H,11-12,14H2,1H3,(H,23,28). The quantitative estimate of drug-likeness (QED) is 0.466. The van der Waals surface area contributed by atoms with Gasteiger partial charge in [0.2, 0.25) is 0 Å². The largest absolute Gasteiger partial charge is 0.350 e. The van der Waals surface area contributed by atoms with Gasteiger partial charge in [-0.3, -0.25) is 14.2 Å². The zero-order valence-corrected chi connectivity index (χ0v) is 17.3. The van der Waals surface area contributed by atoms with Crippen LogP contribution in [0, 0.1) is 0 Å². The summed E-state index contributed by atoms with van der Waals surface area (Å²) < 4.78 is 3.22. The molecule has 0 aliphatic heterocycles. The van der Waals surface area contributed by atoms with Crippen LogP contribution in [0.5, 0.6) is 0 Å². The number of carbonyl (C=O) groups excluding carboxylic acids is 1. The van der Waals surface area contributed by atoms with Crippen molar-refractivity contribution in [3.63, 3.8) is 0 Å². The monoisotopic (exact) mass is 419 g/mol. The Balaban J connectivity index is 1.46. The van der Waals surface area contributed by atoms with Crippen LogP contribution >= 0.6 is 11.8 Å². The minimum absolute atomic E-state index is 0.130. The molecule has 0 spiro atoms. The van der Waals surface area contributed by atoms with Crippen molar-refractivity contribution in [3.05, 3.63) is 88.6 Å². The average Bonchev–Trinajstić information content (AvgIpc) is 3.20. The van der Waals surface area contributed by atoms with Gasteiger partial charge in [-0.15, -0.1) is 11.8 Å². The van der Waals surface area contributed by atoms with Gasteiger partial charge in [0, 0.05) is 11.4 Å². The maximum Gasteiger partial charge on any atom is 0.264 e. The minimum Gasteiger partial charge on any atom is -0.350 e. The molecule has 0 saturated carbocycles. The van der Waals surface area contributed by atoms with Crippen LogP contribution < -0.4 is 10.9 Å². The fourth-order valence-corrected chi connectivity index (χ4v) is 3.85. The lowest BCUT2D eigenvalue weighted by atomic mass is 10.2. The Kier molecular flexibility index (Phi) is 5.94. The number of carbonyl (C=O) groups is 1. The topological polar surface area (TPSA) is 81.8 Å². The van der Waals surface area contributed by atoms with Crippen molar-refractivity contribution in [2.24, 2.45) is 0 Å². The van der Waals surface area contributed by atoms with Gasteiger partial charge in [0.05, 0.1) is 24.8 Å². The van der Waals surface area contributed by atoms with Crippen LogP contribution in [0.4, 0.5) is 0 Å². The molecule has 1 amide bonds. The highest BCUT2D eigenvalue weighted by atomic mass is 32.2. The lowest BCUT2D eigenvalue weighted by molar-refractivity contribution is 0.0949. The minimum atomic E-state index is -0.131. The number of rotatable bonds is 7. The molecule has 2 aromatic heterocycles. The van der Waals surface area contributed by atoms with Crippen LogP contribution in [-0.2, 0) is 13.1 Å². The maximum absolute atomic E-state index is 12.8. The first kappa shape index (κ1) is 19.9. The smallest absolute Gasteiger partial charge is 0.264 e. The molecule has 1 N–H and O–H groups in total. The highest BCUT2D eigenvalue weighted by molar-refractivity contribution is 7.98. The van der Waals surface area contributed by atoms with Gasteiger partial charge in [0.25, 0.3) is 11.5 Å². The van der Waals surface area contributed by atoms with E-state index in [1.165, 1.54) is 18.0 Å². The summed E-state index contributed by atoms with van der Waals surface area (Å²) in [7, 11) is 0. The maximum atomic E-state index is 12.8. The number of hydrogen-bond donors (Lipinski definition) is 1. The van der Waals surface area contributed by atoms with E-state index >= 15 is 0 Å². The molecule has 0 atom stereocenters. The van der Waals surface area contributed by atoms with Gasteiger partial charge in [0.15, 0.2) is 5.65 Å². The first-order chi connectivity index (χ1) is 14.7. The second kappa shape index (κ2) is 8.96. The van der Waals surface area contributed by atoms with E-state index in [4.69, 9.17) is 0 Å². The predicted octanol–water partition coefficient (Wildman–Crippen LogP) is 2.79. The van der Waals surface area contributed by atoms with Crippen molar-refractivity contribution in [3.8, 4) is 0 Å². The number of nitrogens with zero attached hydrogens (tertiary/aromatic N) is 4. The van der Waals surface area contributed by atoms with Gasteiger partial charge >= 0.3 is 0 Å². The Morgan fingerprint density at radius 3 is 2.67 bits per heavy atom. The molecule has 0 fully saturated rings. The first-order valence-corrected chi connectivity index (χ1v) is 10.8. The van der Waals surface area contributed by atoms with Gasteiger partial charge in [-0.05, 0) is 24.0 Å². The summed E-state index contributed by atoms with van der Waals surface area (Å²) in [6.07, 6.45) is 5.03. The molecule has 0 saturated heterocycles. The molecule has 8 heteroatoms. The van der Waals surface area contributed by atoms with Crippen molar-refractivity contribution in [1.29, 1.82) is 0 Å². The van der Waals surface area contributed by atoms with E-state index in [9.17, 15) is 9.59 Å². The van der Waals surface area contributed by atoms with Crippen molar-refractivity contribution < 1.29 is 4.79 Å². The number of thioether (sulfide) groups is 1. The van der Waals surface area contributed by atoms with Crippen molar-refractivity contribution in [1.82, 2.24) is 24.6 Å². The number of hydrogen-bond acceptors (Lipinski definition) is 5. The fourth-order valence-electron chi connectivity index (χ4n) is 3.26. The van der Waals surface area contributed by atoms with E-state index in [0.717, 1.165) is 10.5 Å². The SMILES string of the molecule is CSc1ccccc1C(=O)NCCn1ncc2c(=O)n(Cc3ccccc3)cnc21. The summed E-state index contributed by atoms with van der Waals surface area (Å²) in [4.78, 5) is 30.6. The second-order valence-electron chi connectivity index (χ2n) is 6.72. The molecule has 4 rings (SSSR count). The van der Waals surface area contributed by atoms with E-state index < -0.39 is 0 Å². The van der Waals surface area contributed by atoms with Gasteiger partial charge < -0.3 is 5.32 Å². The first-order valence-electron chi connectivity index (χ1n) is 9.53. The number of amides is 1. The van der Waals surface area contributed by atoms with Crippen LogP contribution in [0.15, 0.2) is 76.8 Å². The summed E-state index contributed by atoms with van der Waals surface area (Å²) in [6.45, 7) is 1.26. The summed E-state index contributed by atoms with van der Waals surface area (Å²) in [5, 5.41) is 7.67. The lowest BCUT2D eigenvalue weighted by Crippen LogP contribution is -2.28. The zero-order valence-electron chi connectivity index (χ0n) is 16.5. The van der Waals surface area contributed by atoms with Gasteiger partial charge in [-0.1, -0.05) is 42.5 Å². The molecule has 0 aliphatic carbocycles. The van der Waals surface area contributed by atoms with Crippen molar-refractivity contribution in [2.75, 3.05) is 12.8 Å². The molecule has 0 radical (unpaired) electrons. The molecular formula is C22H21N5O2S. The van der Waals surface area contributed by atoms with Gasteiger partial charge in [0.1, 0.15) is 11.7 Å². The number of fused-ring (bicyclic) bond motifs is 1. The third-order valence-corrected chi connectivity index (χ3v) is 5.57. The van der Waals surface area contributed by atoms with Crippen LogP contribution in [0.3, 0.4) is 0 Å². The highest BCUT2D eigenvalue weighted by Gasteiger charge is 2.12. The van der Waals surface area contributed by atoms with E-state index in [1.54, 1.807) is 21.6 Å². The van der Waals surface area contributed by atoms with E-state index in [1.807, 2.05) is 54.8 Å². The Labute approximate surface area is 177 Å². The van der Waals surface area contributed by atoms with Gasteiger partial charge in [-0.2, -0.15) is 5.10 Å². The summed E-state index contributed by atoms with van der Waals surface area (Å²) in [6, 6.07) is 17.2. The zero-order chi connectivity index (χ0) is 20.9. The van der Waals surface area contributed by atoms with Crippen LogP contribution in [0.25, 0.3) is 11.0 Å².